The van der Waals surface area contributed by atoms with Crippen LogP contribution in [0.3, 0.4) is 0 Å². The third-order valence-corrected chi connectivity index (χ3v) is 5.61. The van der Waals surface area contributed by atoms with Crippen LogP contribution in [0.4, 0.5) is 4.39 Å². The highest BCUT2D eigenvalue weighted by molar-refractivity contribution is 7.09. The van der Waals surface area contributed by atoms with E-state index in [0.29, 0.717) is 17.0 Å². The van der Waals surface area contributed by atoms with Crippen LogP contribution in [-0.2, 0) is 0 Å². The van der Waals surface area contributed by atoms with E-state index in [2.05, 4.69) is 20.3 Å². The molecule has 0 radical (unpaired) electrons. The van der Waals surface area contributed by atoms with E-state index in [4.69, 9.17) is 0 Å². The molecule has 6 nitrogen and oxygen atoms in total. The van der Waals surface area contributed by atoms with Crippen molar-refractivity contribution < 1.29 is 14.3 Å². The van der Waals surface area contributed by atoms with Gasteiger partial charge < -0.3 is 10.4 Å². The molecule has 0 spiro atoms. The predicted molar refractivity (Wildman–Crippen MR) is 106 cm³/mol. The van der Waals surface area contributed by atoms with Gasteiger partial charge in [0.15, 0.2) is 11.6 Å². The summed E-state index contributed by atoms with van der Waals surface area (Å²) in [7, 11) is 0. The van der Waals surface area contributed by atoms with Crippen molar-refractivity contribution in [3.05, 3.63) is 63.6 Å². The van der Waals surface area contributed by atoms with Crippen LogP contribution >= 0.6 is 11.3 Å². The van der Waals surface area contributed by atoms with Crippen LogP contribution in [0.1, 0.15) is 39.3 Å². The van der Waals surface area contributed by atoms with Gasteiger partial charge >= 0.3 is 0 Å². The average molecular weight is 400 g/mol. The molecule has 3 aromatic rings. The Hall–Kier alpha value is -2.71. The summed E-state index contributed by atoms with van der Waals surface area (Å²) in [6.45, 7) is 5.72. The monoisotopic (exact) mass is 400 g/mol. The summed E-state index contributed by atoms with van der Waals surface area (Å²) in [5.41, 5.74) is 4.50. The Morgan fingerprint density at radius 2 is 1.96 bits per heavy atom. The maximum absolute atomic E-state index is 13.0. The molecule has 28 heavy (non-hydrogen) atoms. The molecule has 0 aliphatic rings. The van der Waals surface area contributed by atoms with Crippen molar-refractivity contribution in [3.63, 3.8) is 0 Å². The van der Waals surface area contributed by atoms with Crippen LogP contribution < -0.4 is 5.32 Å². The van der Waals surface area contributed by atoms with E-state index in [1.165, 1.54) is 11.3 Å². The second-order valence-electron chi connectivity index (χ2n) is 6.61. The number of nitrogens with zero attached hydrogens (tertiary/aromatic N) is 3. The third kappa shape index (κ3) is 4.40. The zero-order valence-electron chi connectivity index (χ0n) is 15.8. The summed E-state index contributed by atoms with van der Waals surface area (Å²) < 4.78 is 13.0. The molecule has 2 N–H and O–H groups in total. The van der Waals surface area contributed by atoms with Gasteiger partial charge in [0, 0.05) is 28.5 Å². The van der Waals surface area contributed by atoms with Crippen LogP contribution in [0.5, 0.6) is 0 Å². The number of halogens is 1. The zero-order chi connectivity index (χ0) is 20.3. The minimum Gasteiger partial charge on any atom is -0.393 e. The number of carbonyl (C=O) groups excluding carboxylic acids is 1. The highest BCUT2D eigenvalue weighted by atomic mass is 32.1. The number of benzene rings is 1. The van der Waals surface area contributed by atoms with Gasteiger partial charge in [-0.1, -0.05) is 12.1 Å². The van der Waals surface area contributed by atoms with E-state index in [1.54, 1.807) is 30.6 Å². The number of hydrogen-bond donors (Lipinski definition) is 2. The molecule has 3 rings (SSSR count). The van der Waals surface area contributed by atoms with Gasteiger partial charge in [-0.2, -0.15) is 0 Å². The van der Waals surface area contributed by atoms with Crippen LogP contribution in [0.15, 0.2) is 36.1 Å². The fraction of sp³-hybridized carbons (Fsp3) is 0.300. The number of carbonyl (C=O) groups is 1. The number of rotatable bonds is 6. The molecule has 0 saturated heterocycles. The van der Waals surface area contributed by atoms with Gasteiger partial charge in [-0.05, 0) is 32.4 Å². The van der Waals surface area contributed by atoms with Gasteiger partial charge in [0.1, 0.15) is 0 Å². The summed E-state index contributed by atoms with van der Waals surface area (Å²) in [5, 5.41) is 13.0. The molecule has 0 saturated carbocycles. The Morgan fingerprint density at radius 3 is 2.57 bits per heavy atom. The first-order valence-corrected chi connectivity index (χ1v) is 9.69. The highest BCUT2D eigenvalue weighted by Gasteiger charge is 2.23. The molecule has 1 amide bonds. The van der Waals surface area contributed by atoms with Gasteiger partial charge in [-0.3, -0.25) is 4.79 Å². The summed E-state index contributed by atoms with van der Waals surface area (Å²) >= 11 is 1.47. The Bertz CT molecular complexity index is 973. The van der Waals surface area contributed by atoms with Gasteiger partial charge in [0.2, 0.25) is 0 Å². The lowest BCUT2D eigenvalue weighted by atomic mass is 9.99. The highest BCUT2D eigenvalue weighted by Crippen LogP contribution is 2.26. The summed E-state index contributed by atoms with van der Waals surface area (Å²) in [4.78, 5) is 25.9. The first kappa shape index (κ1) is 20.0. The lowest BCUT2D eigenvalue weighted by Crippen LogP contribution is -2.33. The first-order valence-electron chi connectivity index (χ1n) is 8.81. The smallest absolute Gasteiger partial charge is 0.251 e. The SMILES string of the molecule is Cc1ccc(-c2ncc(F)cn2)cc1C(=O)NC[C@@H](c1scnc1C)[C@@H](C)O. The molecular formula is C20H21FN4O2S. The molecule has 0 unspecified atom stereocenters. The average Bonchev–Trinajstić information content (AvgIpc) is 3.08. The number of aliphatic hydroxyl groups is 1. The molecule has 0 fully saturated rings. The van der Waals surface area contributed by atoms with Crippen LogP contribution in [0, 0.1) is 19.7 Å². The lowest BCUT2D eigenvalue weighted by molar-refractivity contribution is 0.0936. The number of aliphatic hydroxyl groups excluding tert-OH is 1. The van der Waals surface area contributed by atoms with Gasteiger partial charge in [0.05, 0.1) is 29.7 Å². The van der Waals surface area contributed by atoms with E-state index in [9.17, 15) is 14.3 Å². The Kier molecular flexibility index (Phi) is 6.11. The van der Waals surface area contributed by atoms with E-state index >= 15 is 0 Å². The molecular weight excluding hydrogens is 379 g/mol. The van der Waals surface area contributed by atoms with Crippen molar-refractivity contribution in [2.75, 3.05) is 6.54 Å². The molecule has 0 aliphatic heterocycles. The molecule has 146 valence electrons. The number of amides is 1. The zero-order valence-corrected chi connectivity index (χ0v) is 16.6. The van der Waals surface area contributed by atoms with Crippen LogP contribution in [0.25, 0.3) is 11.4 Å². The Balaban J connectivity index is 1.79. The van der Waals surface area contributed by atoms with E-state index < -0.39 is 11.9 Å². The van der Waals surface area contributed by atoms with E-state index in [-0.39, 0.29) is 18.4 Å². The van der Waals surface area contributed by atoms with Gasteiger partial charge in [0.25, 0.3) is 5.91 Å². The predicted octanol–water partition coefficient (Wildman–Crippen LogP) is 3.25. The molecule has 2 aromatic heterocycles. The fourth-order valence-electron chi connectivity index (χ4n) is 2.91. The summed E-state index contributed by atoms with van der Waals surface area (Å²) in [5.74, 6) is -0.663. The summed E-state index contributed by atoms with van der Waals surface area (Å²) in [6, 6.07) is 5.28. The lowest BCUT2D eigenvalue weighted by Gasteiger charge is -2.20. The molecule has 0 bridgehead atoms. The molecule has 2 heterocycles. The number of hydrogen-bond acceptors (Lipinski definition) is 6. The van der Waals surface area contributed by atoms with Gasteiger partial charge in [-0.15, -0.1) is 11.3 Å². The standard InChI is InChI=1S/C20H21FN4O2S/c1-11-4-5-14(19-22-7-15(21)8-23-19)6-16(11)20(27)24-9-17(13(3)26)18-12(2)25-10-28-18/h4-8,10,13,17,26H,9H2,1-3H3,(H,24,27)/t13-,17-/m1/s1. The number of aromatic nitrogens is 3. The Morgan fingerprint density at radius 1 is 1.25 bits per heavy atom. The van der Waals surface area contributed by atoms with Crippen molar-refractivity contribution in [1.29, 1.82) is 0 Å². The molecule has 2 atom stereocenters. The van der Waals surface area contributed by atoms with Gasteiger partial charge in [-0.25, -0.2) is 19.3 Å². The van der Waals surface area contributed by atoms with Crippen molar-refractivity contribution >= 4 is 17.2 Å². The minimum atomic E-state index is -0.625. The normalized spacial score (nSPS) is 13.2. The van der Waals surface area contributed by atoms with Crippen LogP contribution in [-0.4, -0.2) is 38.6 Å². The second-order valence-corrected chi connectivity index (χ2v) is 7.50. The second kappa shape index (κ2) is 8.53. The van der Waals surface area contributed by atoms with Crippen molar-refractivity contribution in [2.45, 2.75) is 32.8 Å². The fourth-order valence-corrected chi connectivity index (χ4v) is 3.92. The van der Waals surface area contributed by atoms with Crippen LogP contribution in [0.2, 0.25) is 0 Å². The maximum Gasteiger partial charge on any atom is 0.251 e. The minimum absolute atomic E-state index is 0.236. The number of thiazole rings is 1. The number of nitrogens with one attached hydrogen (secondary N) is 1. The van der Waals surface area contributed by atoms with Crippen molar-refractivity contribution in [1.82, 2.24) is 20.3 Å². The largest absolute Gasteiger partial charge is 0.393 e. The first-order chi connectivity index (χ1) is 13.4. The molecule has 1 aromatic carbocycles. The van der Waals surface area contributed by atoms with E-state index in [1.807, 2.05) is 13.8 Å². The molecule has 8 heteroatoms. The maximum atomic E-state index is 13.0. The third-order valence-electron chi connectivity index (χ3n) is 4.54. The quantitative estimate of drug-likeness (QED) is 0.663. The molecule has 0 aliphatic carbocycles. The number of aryl methyl sites for hydroxylation is 2. The topological polar surface area (TPSA) is 88.0 Å². The van der Waals surface area contributed by atoms with Crippen molar-refractivity contribution in [2.24, 2.45) is 0 Å². The Labute approximate surface area is 166 Å². The van der Waals surface area contributed by atoms with E-state index in [0.717, 1.165) is 28.5 Å². The van der Waals surface area contributed by atoms with Crippen molar-refractivity contribution in [3.8, 4) is 11.4 Å². The summed E-state index contributed by atoms with van der Waals surface area (Å²) in [6.07, 6.45) is 1.55.